The van der Waals surface area contributed by atoms with Gasteiger partial charge >= 0.3 is 0 Å². The second kappa shape index (κ2) is 9.41. The van der Waals surface area contributed by atoms with Gasteiger partial charge in [-0.1, -0.05) is 73.5 Å². The molecule has 0 aromatic carbocycles. The van der Waals surface area contributed by atoms with Gasteiger partial charge < -0.3 is 5.73 Å². The Bertz CT molecular complexity index is 387. The van der Waals surface area contributed by atoms with Crippen LogP contribution in [0.1, 0.15) is 99.8 Å². The van der Waals surface area contributed by atoms with E-state index >= 15 is 0 Å². The Morgan fingerprint density at radius 1 is 1.12 bits per heavy atom. The third-order valence-electron chi connectivity index (χ3n) is 7.57. The lowest BCUT2D eigenvalue weighted by atomic mass is 9.52. The summed E-state index contributed by atoms with van der Waals surface area (Å²) < 4.78 is 0. The standard InChI is InChI=1S/C21H39N.C2H6/c1-6-8-9-10-14-21(22)18(16(3)7-2)13-15-20(5)17(4)11-12-19(20)21;1-2/h9-10,16-19H,6-8,11-15,22H2,1-5H3;1-2H3/b10-9+;. The molecule has 0 bridgehead atoms. The molecule has 2 aliphatic rings. The fourth-order valence-electron chi connectivity index (χ4n) is 5.68. The molecule has 6 unspecified atom stereocenters. The lowest BCUT2D eigenvalue weighted by Gasteiger charge is -2.56. The number of hydrogen-bond acceptors (Lipinski definition) is 1. The van der Waals surface area contributed by atoms with Gasteiger partial charge in [-0.15, -0.1) is 0 Å². The number of rotatable bonds is 6. The molecule has 2 N–H and O–H groups in total. The van der Waals surface area contributed by atoms with Crippen molar-refractivity contribution in [3.8, 4) is 0 Å². The minimum Gasteiger partial charge on any atom is -0.324 e. The summed E-state index contributed by atoms with van der Waals surface area (Å²) in [7, 11) is 0. The summed E-state index contributed by atoms with van der Waals surface area (Å²) in [4.78, 5) is 0. The van der Waals surface area contributed by atoms with E-state index < -0.39 is 0 Å². The number of nitrogens with two attached hydrogens (primary N) is 1. The van der Waals surface area contributed by atoms with Crippen molar-refractivity contribution in [3.05, 3.63) is 12.2 Å². The molecule has 0 radical (unpaired) electrons. The lowest BCUT2D eigenvalue weighted by molar-refractivity contribution is -0.0237. The minimum absolute atomic E-state index is 0.0252. The molecule has 2 aliphatic carbocycles. The van der Waals surface area contributed by atoms with Gasteiger partial charge in [-0.05, 0) is 67.6 Å². The largest absolute Gasteiger partial charge is 0.324 e. The zero-order valence-electron chi connectivity index (χ0n) is 17.7. The van der Waals surface area contributed by atoms with Crippen molar-refractivity contribution in [3.63, 3.8) is 0 Å². The first-order valence-electron chi connectivity index (χ1n) is 10.8. The van der Waals surface area contributed by atoms with Crippen molar-refractivity contribution in [2.45, 2.75) is 105 Å². The van der Waals surface area contributed by atoms with E-state index in [0.717, 1.165) is 18.3 Å². The van der Waals surface area contributed by atoms with Crippen molar-refractivity contribution in [1.29, 1.82) is 0 Å². The van der Waals surface area contributed by atoms with Gasteiger partial charge in [0.2, 0.25) is 0 Å². The highest BCUT2D eigenvalue weighted by Crippen LogP contribution is 2.61. The molecule has 0 heterocycles. The predicted octanol–water partition coefficient (Wildman–Crippen LogP) is 6.97. The monoisotopic (exact) mass is 335 g/mol. The topological polar surface area (TPSA) is 26.0 Å². The van der Waals surface area contributed by atoms with Gasteiger partial charge in [0.05, 0.1) is 0 Å². The lowest BCUT2D eigenvalue weighted by Crippen LogP contribution is -2.61. The maximum absolute atomic E-state index is 7.24. The van der Waals surface area contributed by atoms with E-state index in [0.29, 0.717) is 17.3 Å². The molecule has 142 valence electrons. The molecule has 2 rings (SSSR count). The molecule has 1 nitrogen and oxygen atoms in total. The van der Waals surface area contributed by atoms with Gasteiger partial charge in [0, 0.05) is 5.54 Å². The van der Waals surface area contributed by atoms with Crippen LogP contribution in [0.4, 0.5) is 0 Å². The second-order valence-corrected chi connectivity index (χ2v) is 8.64. The van der Waals surface area contributed by atoms with Crippen LogP contribution in [0.3, 0.4) is 0 Å². The molecular weight excluding hydrogens is 290 g/mol. The fourth-order valence-corrected chi connectivity index (χ4v) is 5.68. The Morgan fingerprint density at radius 3 is 2.38 bits per heavy atom. The maximum atomic E-state index is 7.24. The first-order valence-corrected chi connectivity index (χ1v) is 10.8. The fraction of sp³-hybridized carbons (Fsp3) is 0.913. The molecule has 2 fully saturated rings. The summed E-state index contributed by atoms with van der Waals surface area (Å²) in [6.45, 7) is 16.0. The average Bonchev–Trinajstić information content (AvgIpc) is 2.90. The molecule has 6 atom stereocenters. The minimum atomic E-state index is 0.0252. The zero-order chi connectivity index (χ0) is 18.4. The zero-order valence-corrected chi connectivity index (χ0v) is 17.7. The molecule has 1 heteroatoms. The van der Waals surface area contributed by atoms with Crippen LogP contribution < -0.4 is 5.73 Å². The molecule has 0 aliphatic heterocycles. The Balaban J connectivity index is 0.00000139. The third-order valence-corrected chi connectivity index (χ3v) is 7.57. The van der Waals surface area contributed by atoms with Crippen molar-refractivity contribution in [2.24, 2.45) is 34.8 Å². The molecule has 0 aromatic rings. The van der Waals surface area contributed by atoms with Crippen molar-refractivity contribution >= 4 is 0 Å². The summed E-state index contributed by atoms with van der Waals surface area (Å²) in [5.41, 5.74) is 7.75. The SMILES string of the molecule is CC.CCC/C=C/CC1(N)C(C(C)CC)CCC2(C)C(C)CCC21. The van der Waals surface area contributed by atoms with E-state index in [-0.39, 0.29) is 5.54 Å². The maximum Gasteiger partial charge on any atom is 0.0254 e. The van der Waals surface area contributed by atoms with Gasteiger partial charge in [-0.25, -0.2) is 0 Å². The smallest absolute Gasteiger partial charge is 0.0254 e. The highest BCUT2D eigenvalue weighted by Gasteiger charge is 2.58. The van der Waals surface area contributed by atoms with Crippen molar-refractivity contribution in [2.75, 3.05) is 0 Å². The molecule has 2 saturated carbocycles. The van der Waals surface area contributed by atoms with Crippen molar-refractivity contribution < 1.29 is 0 Å². The van der Waals surface area contributed by atoms with Crippen LogP contribution in [0.15, 0.2) is 12.2 Å². The molecule has 0 amide bonds. The summed E-state index contributed by atoms with van der Waals surface area (Å²) >= 11 is 0. The third kappa shape index (κ3) is 4.09. The molecule has 0 saturated heterocycles. The van der Waals surface area contributed by atoms with Crippen LogP contribution in [0.2, 0.25) is 0 Å². The normalized spacial score (nSPS) is 40.1. The van der Waals surface area contributed by atoms with Gasteiger partial charge in [-0.3, -0.25) is 0 Å². The average molecular weight is 336 g/mol. The summed E-state index contributed by atoms with van der Waals surface area (Å²) in [5, 5.41) is 0. The quantitative estimate of drug-likeness (QED) is 0.521. The Labute approximate surface area is 152 Å². The first kappa shape index (κ1) is 21.7. The molecule has 24 heavy (non-hydrogen) atoms. The Hall–Kier alpha value is -0.300. The highest BCUT2D eigenvalue weighted by atomic mass is 14.8. The van der Waals surface area contributed by atoms with Crippen LogP contribution in [-0.4, -0.2) is 5.54 Å². The first-order chi connectivity index (χ1) is 11.4. The van der Waals surface area contributed by atoms with Crippen LogP contribution in [-0.2, 0) is 0 Å². The van der Waals surface area contributed by atoms with E-state index in [1.54, 1.807) is 0 Å². The van der Waals surface area contributed by atoms with E-state index in [1.165, 1.54) is 44.9 Å². The van der Waals surface area contributed by atoms with E-state index in [1.807, 2.05) is 13.8 Å². The van der Waals surface area contributed by atoms with Crippen LogP contribution in [0.25, 0.3) is 0 Å². The van der Waals surface area contributed by atoms with Crippen LogP contribution in [0.5, 0.6) is 0 Å². The number of unbranched alkanes of at least 4 members (excludes halogenated alkanes) is 1. The summed E-state index contributed by atoms with van der Waals surface area (Å²) in [6.07, 6.45) is 15.0. The van der Waals surface area contributed by atoms with E-state index in [4.69, 9.17) is 5.73 Å². The van der Waals surface area contributed by atoms with Gasteiger partial charge in [0.1, 0.15) is 0 Å². The van der Waals surface area contributed by atoms with Crippen LogP contribution in [0, 0.1) is 29.1 Å². The number of hydrogen-bond donors (Lipinski definition) is 1. The van der Waals surface area contributed by atoms with Gasteiger partial charge in [0.15, 0.2) is 0 Å². The van der Waals surface area contributed by atoms with E-state index in [2.05, 4.69) is 46.8 Å². The summed E-state index contributed by atoms with van der Waals surface area (Å²) in [6, 6.07) is 0. The molecule has 0 spiro atoms. The van der Waals surface area contributed by atoms with Crippen molar-refractivity contribution in [1.82, 2.24) is 0 Å². The van der Waals surface area contributed by atoms with Gasteiger partial charge in [0.25, 0.3) is 0 Å². The number of fused-ring (bicyclic) bond motifs is 1. The van der Waals surface area contributed by atoms with Gasteiger partial charge in [-0.2, -0.15) is 0 Å². The predicted molar refractivity (Wildman–Crippen MR) is 109 cm³/mol. The Kier molecular flexibility index (Phi) is 8.53. The van der Waals surface area contributed by atoms with E-state index in [9.17, 15) is 0 Å². The molecular formula is C23H45N. The summed E-state index contributed by atoms with van der Waals surface area (Å²) in [5.74, 6) is 3.02. The second-order valence-electron chi connectivity index (χ2n) is 8.64. The molecule has 0 aromatic heterocycles. The van der Waals surface area contributed by atoms with Crippen LogP contribution >= 0.6 is 0 Å². The highest BCUT2D eigenvalue weighted by molar-refractivity contribution is 5.14. The number of allylic oxidation sites excluding steroid dienone is 1. The Morgan fingerprint density at radius 2 is 1.79 bits per heavy atom.